The zero-order valence-corrected chi connectivity index (χ0v) is 10.2. The summed E-state index contributed by atoms with van der Waals surface area (Å²) < 4.78 is 0. The van der Waals surface area contributed by atoms with Gasteiger partial charge in [-0.3, -0.25) is 4.79 Å². The highest BCUT2D eigenvalue weighted by molar-refractivity contribution is 8.17. The maximum atomic E-state index is 10.9. The average Bonchev–Trinajstić information content (AvgIpc) is 2.63. The number of benzene rings is 1. The first-order valence-corrected chi connectivity index (χ1v) is 6.71. The van der Waals surface area contributed by atoms with Crippen LogP contribution in [0.5, 0.6) is 0 Å². The fourth-order valence-electron chi connectivity index (χ4n) is 1.12. The molecule has 1 amide bonds. The number of carbonyl (C=O) groups excluding carboxylic acids is 1. The van der Waals surface area contributed by atoms with Crippen molar-refractivity contribution in [3.63, 3.8) is 0 Å². The van der Waals surface area contributed by atoms with Gasteiger partial charge in [-0.1, -0.05) is 35.5 Å². The van der Waals surface area contributed by atoms with Gasteiger partial charge in [0.1, 0.15) is 0 Å². The van der Waals surface area contributed by atoms with Crippen molar-refractivity contribution < 1.29 is 4.79 Å². The van der Waals surface area contributed by atoms with Crippen molar-refractivity contribution in [2.24, 2.45) is 4.99 Å². The molecule has 0 unspecified atom stereocenters. The standard InChI is InChI=1S/C10H8ClNOS2/c11-7-3-1-2-4-8(7)14-6-10-12-9(13)5-15-10/h1-4H,5-6H2. The van der Waals surface area contributed by atoms with Crippen molar-refractivity contribution in [1.82, 2.24) is 0 Å². The van der Waals surface area contributed by atoms with Crippen LogP contribution in [0.4, 0.5) is 0 Å². The molecule has 0 N–H and O–H groups in total. The van der Waals surface area contributed by atoms with Gasteiger partial charge >= 0.3 is 0 Å². The first-order valence-electron chi connectivity index (χ1n) is 4.36. The van der Waals surface area contributed by atoms with Crippen LogP contribution in [-0.4, -0.2) is 22.5 Å². The molecule has 5 heteroatoms. The van der Waals surface area contributed by atoms with Gasteiger partial charge < -0.3 is 0 Å². The normalized spacial score (nSPS) is 15.5. The first-order chi connectivity index (χ1) is 7.25. The Balaban J connectivity index is 1.97. The molecule has 1 aromatic carbocycles. The zero-order chi connectivity index (χ0) is 10.7. The monoisotopic (exact) mass is 257 g/mol. The highest BCUT2D eigenvalue weighted by atomic mass is 35.5. The third kappa shape index (κ3) is 3.00. The molecule has 0 spiro atoms. The van der Waals surface area contributed by atoms with E-state index in [-0.39, 0.29) is 5.91 Å². The summed E-state index contributed by atoms with van der Waals surface area (Å²) in [6, 6.07) is 7.67. The van der Waals surface area contributed by atoms with Gasteiger partial charge in [-0.2, -0.15) is 0 Å². The second-order valence-electron chi connectivity index (χ2n) is 2.91. The maximum Gasteiger partial charge on any atom is 0.256 e. The highest BCUT2D eigenvalue weighted by Gasteiger charge is 2.14. The molecule has 1 heterocycles. The minimum absolute atomic E-state index is 0.0326. The van der Waals surface area contributed by atoms with Crippen molar-refractivity contribution in [1.29, 1.82) is 0 Å². The fourth-order valence-corrected chi connectivity index (χ4v) is 3.18. The van der Waals surface area contributed by atoms with Crippen LogP contribution in [0.25, 0.3) is 0 Å². The lowest BCUT2D eigenvalue weighted by Crippen LogP contribution is -1.92. The molecular weight excluding hydrogens is 250 g/mol. The number of hydrogen-bond donors (Lipinski definition) is 0. The zero-order valence-electron chi connectivity index (χ0n) is 7.77. The van der Waals surface area contributed by atoms with Crippen LogP contribution in [-0.2, 0) is 4.79 Å². The van der Waals surface area contributed by atoms with Gasteiger partial charge in [-0.25, -0.2) is 4.99 Å². The minimum Gasteiger partial charge on any atom is -0.272 e. The Morgan fingerprint density at radius 2 is 2.27 bits per heavy atom. The molecular formula is C10H8ClNOS2. The summed E-state index contributed by atoms with van der Waals surface area (Å²) in [5, 5.41) is 1.64. The molecule has 15 heavy (non-hydrogen) atoms. The summed E-state index contributed by atoms with van der Waals surface area (Å²) in [4.78, 5) is 15.8. The van der Waals surface area contributed by atoms with Crippen molar-refractivity contribution in [2.75, 3.05) is 11.5 Å². The van der Waals surface area contributed by atoms with Gasteiger partial charge in [0.05, 0.1) is 15.8 Å². The lowest BCUT2D eigenvalue weighted by atomic mass is 10.4. The van der Waals surface area contributed by atoms with Crippen molar-refractivity contribution in [3.8, 4) is 0 Å². The van der Waals surface area contributed by atoms with E-state index < -0.39 is 0 Å². The Hall–Kier alpha value is -0.450. The minimum atomic E-state index is -0.0326. The molecule has 0 saturated heterocycles. The molecule has 2 nitrogen and oxygen atoms in total. The van der Waals surface area contributed by atoms with E-state index in [1.807, 2.05) is 24.3 Å². The highest BCUT2D eigenvalue weighted by Crippen LogP contribution is 2.28. The predicted octanol–water partition coefficient (Wildman–Crippen LogP) is 3.10. The van der Waals surface area contributed by atoms with Gasteiger partial charge in [0.2, 0.25) is 0 Å². The Labute approximate surface area is 101 Å². The van der Waals surface area contributed by atoms with E-state index in [9.17, 15) is 4.79 Å². The summed E-state index contributed by atoms with van der Waals surface area (Å²) in [6.45, 7) is 0. The third-order valence-corrected chi connectivity index (χ3v) is 4.47. The molecule has 0 aromatic heterocycles. The Kier molecular flexibility index (Phi) is 3.72. The number of hydrogen-bond acceptors (Lipinski definition) is 3. The number of aliphatic imine (C=N–C) groups is 1. The summed E-state index contributed by atoms with van der Waals surface area (Å²) in [6.07, 6.45) is 0. The third-order valence-electron chi connectivity index (χ3n) is 1.80. The number of carbonyl (C=O) groups is 1. The number of rotatable bonds is 3. The van der Waals surface area contributed by atoms with E-state index >= 15 is 0 Å². The van der Waals surface area contributed by atoms with Gasteiger partial charge in [0, 0.05) is 10.6 Å². The summed E-state index contributed by atoms with van der Waals surface area (Å²) in [5.41, 5.74) is 0. The van der Waals surface area contributed by atoms with Crippen LogP contribution >= 0.6 is 35.1 Å². The van der Waals surface area contributed by atoms with Crippen LogP contribution in [0.1, 0.15) is 0 Å². The predicted molar refractivity (Wildman–Crippen MR) is 67.1 cm³/mol. The molecule has 1 aromatic rings. The molecule has 0 aliphatic carbocycles. The van der Waals surface area contributed by atoms with Crippen molar-refractivity contribution in [3.05, 3.63) is 29.3 Å². The van der Waals surface area contributed by atoms with Gasteiger partial charge in [-0.15, -0.1) is 11.8 Å². The van der Waals surface area contributed by atoms with Gasteiger partial charge in [-0.05, 0) is 12.1 Å². The topological polar surface area (TPSA) is 29.4 Å². The molecule has 0 bridgehead atoms. The van der Waals surface area contributed by atoms with Gasteiger partial charge in [0.15, 0.2) is 0 Å². The Morgan fingerprint density at radius 3 is 2.93 bits per heavy atom. The van der Waals surface area contributed by atoms with Crippen LogP contribution in [0, 0.1) is 0 Å². The SMILES string of the molecule is O=C1CSC(CSc2ccccc2Cl)=N1. The van der Waals surface area contributed by atoms with E-state index in [0.717, 1.165) is 20.7 Å². The first kappa shape index (κ1) is 11.0. The molecule has 1 aliphatic heterocycles. The number of nitrogens with zero attached hydrogens (tertiary/aromatic N) is 1. The average molecular weight is 258 g/mol. The second-order valence-corrected chi connectivity index (χ2v) is 5.38. The fraction of sp³-hybridized carbons (Fsp3) is 0.200. The van der Waals surface area contributed by atoms with Crippen LogP contribution < -0.4 is 0 Å². The van der Waals surface area contributed by atoms with E-state index in [4.69, 9.17) is 11.6 Å². The summed E-state index contributed by atoms with van der Waals surface area (Å²) in [5.74, 6) is 1.17. The van der Waals surface area contributed by atoms with E-state index in [1.54, 1.807) is 11.8 Å². The number of amides is 1. The Bertz CT molecular complexity index is 420. The lowest BCUT2D eigenvalue weighted by Gasteiger charge is -2.02. The molecule has 78 valence electrons. The van der Waals surface area contributed by atoms with E-state index in [2.05, 4.69) is 4.99 Å². The smallest absolute Gasteiger partial charge is 0.256 e. The maximum absolute atomic E-state index is 10.9. The molecule has 0 radical (unpaired) electrons. The molecule has 0 fully saturated rings. The molecule has 1 aliphatic rings. The molecule has 0 atom stereocenters. The van der Waals surface area contributed by atoms with Crippen LogP contribution in [0.15, 0.2) is 34.2 Å². The largest absolute Gasteiger partial charge is 0.272 e. The Morgan fingerprint density at radius 1 is 1.47 bits per heavy atom. The quantitative estimate of drug-likeness (QED) is 0.780. The molecule has 2 rings (SSSR count). The van der Waals surface area contributed by atoms with E-state index in [0.29, 0.717) is 5.75 Å². The van der Waals surface area contributed by atoms with Crippen LogP contribution in [0.2, 0.25) is 5.02 Å². The van der Waals surface area contributed by atoms with Crippen LogP contribution in [0.3, 0.4) is 0 Å². The summed E-state index contributed by atoms with van der Waals surface area (Å²) in [7, 11) is 0. The lowest BCUT2D eigenvalue weighted by molar-refractivity contribution is -0.115. The van der Waals surface area contributed by atoms with Gasteiger partial charge in [0.25, 0.3) is 5.91 Å². The van der Waals surface area contributed by atoms with Crippen molar-refractivity contribution in [2.45, 2.75) is 4.90 Å². The second kappa shape index (κ2) is 5.05. The van der Waals surface area contributed by atoms with E-state index in [1.165, 1.54) is 11.8 Å². The van der Waals surface area contributed by atoms with Crippen molar-refractivity contribution >= 4 is 46.1 Å². The molecule has 0 saturated carbocycles. The summed E-state index contributed by atoms with van der Waals surface area (Å²) >= 11 is 9.13. The number of thioether (sulfide) groups is 2. The number of halogens is 1.